The average Bonchev–Trinajstić information content (AvgIpc) is 2.55. The molecule has 144 valence electrons. The third-order valence-corrected chi connectivity index (χ3v) is 5.74. The van der Waals surface area contributed by atoms with Crippen molar-refractivity contribution in [2.75, 3.05) is 25.5 Å². The van der Waals surface area contributed by atoms with E-state index in [1.807, 2.05) is 0 Å². The van der Waals surface area contributed by atoms with E-state index in [9.17, 15) is 9.59 Å². The Morgan fingerprint density at radius 2 is 1.73 bits per heavy atom. The number of hydrogen-bond acceptors (Lipinski definition) is 3. The van der Waals surface area contributed by atoms with Gasteiger partial charge in [0.1, 0.15) is 0 Å². The van der Waals surface area contributed by atoms with Crippen molar-refractivity contribution < 1.29 is 9.59 Å². The highest BCUT2D eigenvalue weighted by molar-refractivity contribution is 6.39. The first-order valence-electron chi connectivity index (χ1n) is 8.99. The maximum Gasteiger partial charge on any atom is 0.238 e. The molecule has 0 saturated heterocycles. The lowest BCUT2D eigenvalue weighted by atomic mass is 9.78. The summed E-state index contributed by atoms with van der Waals surface area (Å²) < 4.78 is 0. The van der Waals surface area contributed by atoms with Gasteiger partial charge in [0.15, 0.2) is 0 Å². The number of likely N-dealkylation sites (N-methyl/N-ethyl adjacent to an activating group) is 1. The number of halogens is 2. The van der Waals surface area contributed by atoms with Gasteiger partial charge in [-0.25, -0.2) is 0 Å². The molecule has 0 heterocycles. The Balaban J connectivity index is 1.81. The number of carbonyl (C=O) groups excluding carboxylic acids is 2. The minimum atomic E-state index is -0.269. The number of rotatable bonds is 6. The number of benzene rings is 1. The summed E-state index contributed by atoms with van der Waals surface area (Å²) in [6.07, 6.45) is 3.39. The van der Waals surface area contributed by atoms with Crippen LogP contribution in [0.3, 0.4) is 0 Å². The first-order valence-corrected chi connectivity index (χ1v) is 9.75. The van der Waals surface area contributed by atoms with Gasteiger partial charge < -0.3 is 10.6 Å². The van der Waals surface area contributed by atoms with E-state index in [-0.39, 0.29) is 30.9 Å². The number of nitrogens with one attached hydrogen (secondary N) is 2. The Labute approximate surface area is 165 Å². The maximum absolute atomic E-state index is 12.3. The molecule has 1 fully saturated rings. The summed E-state index contributed by atoms with van der Waals surface area (Å²) in [6, 6.07) is 5.25. The van der Waals surface area contributed by atoms with E-state index < -0.39 is 0 Å². The third-order valence-electron chi connectivity index (χ3n) is 5.11. The number of carbonyl (C=O) groups is 2. The van der Waals surface area contributed by atoms with Crippen molar-refractivity contribution in [1.29, 1.82) is 0 Å². The molecule has 2 rings (SSSR count). The second kappa shape index (κ2) is 9.58. The van der Waals surface area contributed by atoms with Gasteiger partial charge in [-0.15, -0.1) is 0 Å². The largest absolute Gasteiger partial charge is 0.352 e. The molecule has 0 radical (unpaired) electrons. The van der Waals surface area contributed by atoms with Gasteiger partial charge in [-0.05, 0) is 37.4 Å². The second-order valence-corrected chi connectivity index (χ2v) is 8.07. The lowest BCUT2D eigenvalue weighted by Gasteiger charge is -2.34. The predicted molar refractivity (Wildman–Crippen MR) is 107 cm³/mol. The molecule has 0 unspecified atom stereocenters. The average molecular weight is 400 g/mol. The molecular formula is C19H27Cl2N3O2. The van der Waals surface area contributed by atoms with Crippen LogP contribution in [-0.2, 0) is 9.59 Å². The van der Waals surface area contributed by atoms with Crippen LogP contribution >= 0.6 is 23.2 Å². The normalized spacial score (nSPS) is 22.9. The van der Waals surface area contributed by atoms with Crippen molar-refractivity contribution in [3.8, 4) is 0 Å². The van der Waals surface area contributed by atoms with Crippen molar-refractivity contribution in [1.82, 2.24) is 10.2 Å². The lowest BCUT2D eigenvalue weighted by molar-refractivity contribution is -0.124. The Hall–Kier alpha value is -1.30. The zero-order valence-corrected chi connectivity index (χ0v) is 17.0. The monoisotopic (exact) mass is 399 g/mol. The van der Waals surface area contributed by atoms with E-state index in [4.69, 9.17) is 23.2 Å². The number of nitrogens with zero attached hydrogens (tertiary/aromatic N) is 1. The quantitative estimate of drug-likeness (QED) is 0.764. The fraction of sp³-hybridized carbons (Fsp3) is 0.579. The minimum absolute atomic E-state index is 0.0537. The molecule has 1 aliphatic carbocycles. The standard InChI is InChI=1S/C19H27Cl2N3O2/c1-12-6-4-9-16(13(12)2)22-17(25)10-24(3)11-18(26)23-19-14(20)7-5-8-15(19)21/h5,7-8,12-13,16H,4,6,9-11H2,1-3H3,(H,22,25)(H,23,26)/t12-,13+,16-/m1/s1. The molecule has 0 spiro atoms. The number of anilines is 1. The molecule has 1 saturated carbocycles. The molecule has 0 aromatic heterocycles. The first-order chi connectivity index (χ1) is 12.3. The van der Waals surface area contributed by atoms with Crippen LogP contribution in [-0.4, -0.2) is 42.9 Å². The molecule has 1 aromatic rings. The Bertz CT molecular complexity index is 633. The van der Waals surface area contributed by atoms with E-state index >= 15 is 0 Å². The van der Waals surface area contributed by atoms with Crippen molar-refractivity contribution >= 4 is 40.7 Å². The highest BCUT2D eigenvalue weighted by atomic mass is 35.5. The van der Waals surface area contributed by atoms with Gasteiger partial charge in [0.2, 0.25) is 11.8 Å². The highest BCUT2D eigenvalue weighted by Gasteiger charge is 2.28. The van der Waals surface area contributed by atoms with Crippen LogP contribution in [0.4, 0.5) is 5.69 Å². The molecule has 0 bridgehead atoms. The van der Waals surface area contributed by atoms with E-state index in [0.29, 0.717) is 27.6 Å². The van der Waals surface area contributed by atoms with E-state index in [1.165, 1.54) is 6.42 Å². The summed E-state index contributed by atoms with van der Waals surface area (Å²) in [7, 11) is 1.74. The smallest absolute Gasteiger partial charge is 0.238 e. The van der Waals surface area contributed by atoms with E-state index in [0.717, 1.165) is 12.8 Å². The molecular weight excluding hydrogens is 373 g/mol. The van der Waals surface area contributed by atoms with E-state index in [1.54, 1.807) is 30.1 Å². The summed E-state index contributed by atoms with van der Waals surface area (Å²) in [6.45, 7) is 4.67. The minimum Gasteiger partial charge on any atom is -0.352 e. The topological polar surface area (TPSA) is 61.4 Å². The zero-order valence-electron chi connectivity index (χ0n) is 15.5. The predicted octanol–water partition coefficient (Wildman–Crippen LogP) is 3.80. The van der Waals surface area contributed by atoms with Gasteiger partial charge in [0.25, 0.3) is 0 Å². The Morgan fingerprint density at radius 1 is 1.12 bits per heavy atom. The molecule has 5 nitrogen and oxygen atoms in total. The molecule has 1 aliphatic rings. The molecule has 26 heavy (non-hydrogen) atoms. The van der Waals surface area contributed by atoms with Crippen LogP contribution in [0.2, 0.25) is 10.0 Å². The summed E-state index contributed by atoms with van der Waals surface area (Å²) >= 11 is 12.1. The van der Waals surface area contributed by atoms with Crippen molar-refractivity contribution in [2.45, 2.75) is 39.2 Å². The summed E-state index contributed by atoms with van der Waals surface area (Å²) in [5, 5.41) is 6.58. The fourth-order valence-corrected chi connectivity index (χ4v) is 3.87. The Morgan fingerprint density at radius 3 is 2.38 bits per heavy atom. The summed E-state index contributed by atoms with van der Waals surface area (Å²) in [5.74, 6) is 0.776. The second-order valence-electron chi connectivity index (χ2n) is 7.26. The first kappa shape index (κ1) is 21.0. The van der Waals surface area contributed by atoms with Gasteiger partial charge >= 0.3 is 0 Å². The van der Waals surface area contributed by atoms with Crippen LogP contribution in [0, 0.1) is 11.8 Å². The molecule has 2 N–H and O–H groups in total. The van der Waals surface area contributed by atoms with Gasteiger partial charge in [-0.2, -0.15) is 0 Å². The lowest BCUT2D eigenvalue weighted by Crippen LogP contribution is -2.47. The van der Waals surface area contributed by atoms with Crippen LogP contribution < -0.4 is 10.6 Å². The van der Waals surface area contributed by atoms with Gasteiger partial charge in [-0.3, -0.25) is 14.5 Å². The fourth-order valence-electron chi connectivity index (χ4n) is 3.38. The molecule has 1 aromatic carbocycles. The van der Waals surface area contributed by atoms with Crippen LogP contribution in [0.1, 0.15) is 33.1 Å². The number of para-hydroxylation sites is 1. The van der Waals surface area contributed by atoms with E-state index in [2.05, 4.69) is 24.5 Å². The Kier molecular flexibility index (Phi) is 7.74. The SMILES string of the molecule is C[C@H]1[C@H](C)CCC[C@H]1NC(=O)CN(C)CC(=O)Nc1c(Cl)cccc1Cl. The van der Waals surface area contributed by atoms with Gasteiger partial charge in [0.05, 0.1) is 28.8 Å². The number of amides is 2. The van der Waals surface area contributed by atoms with Gasteiger partial charge in [-0.1, -0.05) is 56.0 Å². The summed E-state index contributed by atoms with van der Waals surface area (Å²) in [4.78, 5) is 26.2. The van der Waals surface area contributed by atoms with Crippen molar-refractivity contribution in [2.24, 2.45) is 11.8 Å². The molecule has 3 atom stereocenters. The molecule has 0 aliphatic heterocycles. The van der Waals surface area contributed by atoms with Crippen molar-refractivity contribution in [3.63, 3.8) is 0 Å². The summed E-state index contributed by atoms with van der Waals surface area (Å²) in [5.41, 5.74) is 0.392. The highest BCUT2D eigenvalue weighted by Crippen LogP contribution is 2.30. The van der Waals surface area contributed by atoms with Crippen LogP contribution in [0.15, 0.2) is 18.2 Å². The number of hydrogen-bond donors (Lipinski definition) is 2. The van der Waals surface area contributed by atoms with Crippen molar-refractivity contribution in [3.05, 3.63) is 28.2 Å². The van der Waals surface area contributed by atoms with Gasteiger partial charge in [0, 0.05) is 6.04 Å². The van der Waals surface area contributed by atoms with Crippen LogP contribution in [0.5, 0.6) is 0 Å². The van der Waals surface area contributed by atoms with Crippen LogP contribution in [0.25, 0.3) is 0 Å². The molecule has 2 amide bonds. The maximum atomic E-state index is 12.3. The third kappa shape index (κ3) is 5.86. The molecule has 7 heteroatoms. The zero-order chi connectivity index (χ0) is 19.3.